The molecule has 4 rings (SSSR count). The minimum absolute atomic E-state index is 0.0343. The van der Waals surface area contributed by atoms with E-state index in [4.69, 9.17) is 14.5 Å². The molecule has 1 aromatic carbocycles. The van der Waals surface area contributed by atoms with Crippen LogP contribution in [0.2, 0.25) is 0 Å². The smallest absolute Gasteiger partial charge is 0.410 e. The number of aromatic nitrogens is 2. The Bertz CT molecular complexity index is 1090. The lowest BCUT2D eigenvalue weighted by Gasteiger charge is -2.35. The Labute approximate surface area is 195 Å². The molecule has 2 aliphatic heterocycles. The summed E-state index contributed by atoms with van der Waals surface area (Å²) >= 11 is 0. The molecule has 3 heterocycles. The Morgan fingerprint density at radius 3 is 2.82 bits per heavy atom. The molecule has 1 saturated heterocycles. The number of hydrogen-bond donors (Lipinski definition) is 2. The Morgan fingerprint density at radius 1 is 1.29 bits per heavy atom. The van der Waals surface area contributed by atoms with Crippen LogP contribution < -0.4 is 15.5 Å². The van der Waals surface area contributed by atoms with E-state index < -0.39 is 24.6 Å². The second-order valence-corrected chi connectivity index (χ2v) is 8.00. The van der Waals surface area contributed by atoms with Crippen LogP contribution in [0.1, 0.15) is 18.2 Å². The summed E-state index contributed by atoms with van der Waals surface area (Å²) in [5.74, 6) is 0.173. The summed E-state index contributed by atoms with van der Waals surface area (Å²) in [6, 6.07) is 3.54. The van der Waals surface area contributed by atoms with Gasteiger partial charge >= 0.3 is 12.1 Å². The third kappa shape index (κ3) is 4.86. The lowest BCUT2D eigenvalue weighted by molar-refractivity contribution is 0.0983. The molecule has 12 heteroatoms. The maximum Gasteiger partial charge on any atom is 0.410 e. The van der Waals surface area contributed by atoms with E-state index >= 15 is 4.39 Å². The molecular weight excluding hydrogens is 450 g/mol. The van der Waals surface area contributed by atoms with Crippen molar-refractivity contribution in [3.05, 3.63) is 35.3 Å². The maximum atomic E-state index is 15.1. The minimum atomic E-state index is -0.701. The highest BCUT2D eigenvalue weighted by molar-refractivity contribution is 5.89. The Balaban J connectivity index is 1.68. The van der Waals surface area contributed by atoms with Crippen LogP contribution in [0.5, 0.6) is 0 Å². The van der Waals surface area contributed by atoms with Crippen molar-refractivity contribution in [1.29, 1.82) is 0 Å². The number of rotatable bonds is 5. The number of methoxy groups -OCH3 is 1. The number of alkyl halides is 1. The standard InChI is InChI=1S/C22H26F2N6O4/c1-13-12-34-8-7-30(13)20-16-10-29(22(32)33-2)11-18(16)27-19(28-20)15-4-3-14(9-17(15)24)26-21(31)25-6-5-23/h3-4,9,13H,5-8,10-12H2,1-2H3,(H2,25,26,31). The van der Waals surface area contributed by atoms with Gasteiger partial charge < -0.3 is 25.0 Å². The zero-order valence-electron chi connectivity index (χ0n) is 18.9. The first-order chi connectivity index (χ1) is 16.4. The molecule has 2 aromatic rings. The van der Waals surface area contributed by atoms with Gasteiger partial charge in [-0.1, -0.05) is 0 Å². The summed E-state index contributed by atoms with van der Waals surface area (Å²) in [5, 5.41) is 4.76. The van der Waals surface area contributed by atoms with E-state index in [0.29, 0.717) is 37.8 Å². The van der Waals surface area contributed by atoms with Gasteiger partial charge in [0.2, 0.25) is 0 Å². The van der Waals surface area contributed by atoms with Crippen LogP contribution in [-0.4, -0.2) is 73.1 Å². The number of morpholine rings is 1. The normalized spacial score (nSPS) is 17.4. The van der Waals surface area contributed by atoms with Crippen molar-refractivity contribution in [2.24, 2.45) is 0 Å². The first-order valence-corrected chi connectivity index (χ1v) is 10.9. The van der Waals surface area contributed by atoms with Crippen molar-refractivity contribution in [3.63, 3.8) is 0 Å². The molecule has 0 radical (unpaired) electrons. The van der Waals surface area contributed by atoms with Crippen molar-refractivity contribution in [2.45, 2.75) is 26.1 Å². The van der Waals surface area contributed by atoms with E-state index in [9.17, 15) is 14.0 Å². The van der Waals surface area contributed by atoms with Crippen molar-refractivity contribution in [1.82, 2.24) is 20.2 Å². The van der Waals surface area contributed by atoms with Crippen molar-refractivity contribution >= 4 is 23.6 Å². The molecule has 182 valence electrons. The van der Waals surface area contributed by atoms with E-state index in [-0.39, 0.29) is 36.2 Å². The quantitative estimate of drug-likeness (QED) is 0.683. The number of nitrogens with zero attached hydrogens (tertiary/aromatic N) is 4. The van der Waals surface area contributed by atoms with Crippen LogP contribution in [0.15, 0.2) is 18.2 Å². The summed E-state index contributed by atoms with van der Waals surface area (Å²) in [4.78, 5) is 36.7. The van der Waals surface area contributed by atoms with Gasteiger partial charge in [0.1, 0.15) is 18.3 Å². The highest BCUT2D eigenvalue weighted by atomic mass is 19.1. The van der Waals surface area contributed by atoms with Gasteiger partial charge in [0.05, 0.1) is 50.7 Å². The number of carbonyl (C=O) groups excluding carboxylic acids is 2. The van der Waals surface area contributed by atoms with Gasteiger partial charge in [-0.2, -0.15) is 0 Å². The number of ether oxygens (including phenoxy) is 2. The third-order valence-corrected chi connectivity index (χ3v) is 5.68. The molecule has 0 spiro atoms. The molecule has 2 aliphatic rings. The number of carbonyl (C=O) groups is 2. The Morgan fingerprint density at radius 2 is 2.12 bits per heavy atom. The topological polar surface area (TPSA) is 109 Å². The van der Waals surface area contributed by atoms with Gasteiger partial charge in [-0.15, -0.1) is 0 Å². The first-order valence-electron chi connectivity index (χ1n) is 10.9. The second kappa shape index (κ2) is 10.2. The number of amides is 3. The van der Waals surface area contributed by atoms with Crippen molar-refractivity contribution in [2.75, 3.05) is 50.3 Å². The first kappa shape index (κ1) is 23.6. The van der Waals surface area contributed by atoms with Crippen LogP contribution in [0.25, 0.3) is 11.4 Å². The number of fused-ring (bicyclic) bond motifs is 1. The van der Waals surface area contributed by atoms with Gasteiger partial charge in [0, 0.05) is 24.3 Å². The molecular formula is C22H26F2N6O4. The molecule has 0 saturated carbocycles. The van der Waals surface area contributed by atoms with Crippen LogP contribution in [0.3, 0.4) is 0 Å². The SMILES string of the molecule is COC(=O)N1Cc2nc(-c3ccc(NC(=O)NCCF)cc3F)nc(N3CCOCC3C)c2C1. The zero-order chi connectivity index (χ0) is 24.2. The highest BCUT2D eigenvalue weighted by Crippen LogP contribution is 2.34. The largest absolute Gasteiger partial charge is 0.453 e. The molecule has 0 aliphatic carbocycles. The summed E-state index contributed by atoms with van der Waals surface area (Å²) < 4.78 is 37.7. The van der Waals surface area contributed by atoms with Crippen molar-refractivity contribution < 1.29 is 27.8 Å². The fourth-order valence-corrected chi connectivity index (χ4v) is 4.01. The third-order valence-electron chi connectivity index (χ3n) is 5.68. The predicted octanol–water partition coefficient (Wildman–Crippen LogP) is 2.68. The van der Waals surface area contributed by atoms with Gasteiger partial charge in [-0.3, -0.25) is 4.90 Å². The number of urea groups is 1. The average molecular weight is 476 g/mol. The molecule has 1 unspecified atom stereocenters. The molecule has 10 nitrogen and oxygen atoms in total. The van der Waals surface area contributed by atoms with Crippen LogP contribution in [0.4, 0.5) is 29.9 Å². The molecule has 1 aromatic heterocycles. The number of halogens is 2. The fourth-order valence-electron chi connectivity index (χ4n) is 4.01. The zero-order valence-corrected chi connectivity index (χ0v) is 18.9. The lowest BCUT2D eigenvalue weighted by atomic mass is 10.1. The fraction of sp³-hybridized carbons (Fsp3) is 0.455. The number of benzene rings is 1. The van der Waals surface area contributed by atoms with E-state index in [1.165, 1.54) is 24.1 Å². The minimum Gasteiger partial charge on any atom is -0.453 e. The summed E-state index contributed by atoms with van der Waals surface area (Å²) in [6.07, 6.45) is -0.479. The summed E-state index contributed by atoms with van der Waals surface area (Å²) in [5.41, 5.74) is 1.77. The maximum absolute atomic E-state index is 15.1. The number of anilines is 2. The highest BCUT2D eigenvalue weighted by Gasteiger charge is 2.33. The van der Waals surface area contributed by atoms with Gasteiger partial charge in [-0.05, 0) is 25.1 Å². The summed E-state index contributed by atoms with van der Waals surface area (Å²) in [7, 11) is 1.32. The molecule has 0 bridgehead atoms. The lowest BCUT2D eigenvalue weighted by Crippen LogP contribution is -2.44. The van der Waals surface area contributed by atoms with E-state index in [1.54, 1.807) is 0 Å². The van der Waals surface area contributed by atoms with Gasteiger partial charge in [0.15, 0.2) is 5.82 Å². The average Bonchev–Trinajstić information content (AvgIpc) is 3.26. The second-order valence-electron chi connectivity index (χ2n) is 8.00. The van der Waals surface area contributed by atoms with Crippen LogP contribution in [-0.2, 0) is 22.6 Å². The monoisotopic (exact) mass is 476 g/mol. The predicted molar refractivity (Wildman–Crippen MR) is 120 cm³/mol. The van der Waals surface area contributed by atoms with E-state index in [2.05, 4.69) is 20.5 Å². The van der Waals surface area contributed by atoms with E-state index in [0.717, 1.165) is 11.6 Å². The number of nitrogens with one attached hydrogen (secondary N) is 2. The molecule has 3 amide bonds. The molecule has 1 fully saturated rings. The summed E-state index contributed by atoms with van der Waals surface area (Å²) in [6.45, 7) is 3.33. The van der Waals surface area contributed by atoms with Crippen LogP contribution >= 0.6 is 0 Å². The van der Waals surface area contributed by atoms with Gasteiger partial charge in [-0.25, -0.2) is 28.3 Å². The van der Waals surface area contributed by atoms with Crippen molar-refractivity contribution in [3.8, 4) is 11.4 Å². The number of hydrogen-bond acceptors (Lipinski definition) is 7. The molecule has 2 N–H and O–H groups in total. The van der Waals surface area contributed by atoms with Gasteiger partial charge in [0.25, 0.3) is 0 Å². The molecule has 34 heavy (non-hydrogen) atoms. The van der Waals surface area contributed by atoms with E-state index in [1.807, 2.05) is 6.92 Å². The van der Waals surface area contributed by atoms with Crippen LogP contribution in [0, 0.1) is 5.82 Å². The molecule has 1 atom stereocenters. The Hall–Kier alpha value is -3.54. The Kier molecular flexibility index (Phi) is 7.06.